The number of benzene rings is 1. The minimum atomic E-state index is -4.62. The summed E-state index contributed by atoms with van der Waals surface area (Å²) < 4.78 is 50.8. The van der Waals surface area contributed by atoms with Gasteiger partial charge >= 0.3 is 12.1 Å². The summed E-state index contributed by atoms with van der Waals surface area (Å²) in [4.78, 5) is 12.9. The Hall–Kier alpha value is -2.99. The first-order valence-corrected chi connectivity index (χ1v) is 8.47. The number of alkyl halides is 3. The second-order valence-corrected chi connectivity index (χ2v) is 6.98. The van der Waals surface area contributed by atoms with Crippen molar-refractivity contribution in [3.63, 3.8) is 0 Å². The van der Waals surface area contributed by atoms with Crippen LogP contribution in [-0.2, 0) is 10.9 Å². The molecule has 0 amide bonds. The maximum atomic E-state index is 13.5. The van der Waals surface area contributed by atoms with Gasteiger partial charge in [-0.15, -0.1) is 11.3 Å². The molecule has 0 saturated carbocycles. The molecule has 2 N–H and O–H groups in total. The van der Waals surface area contributed by atoms with E-state index in [0.29, 0.717) is 9.75 Å². The van der Waals surface area contributed by atoms with E-state index in [-0.39, 0.29) is 28.3 Å². The number of nitrogens with zero attached hydrogens (tertiary/aromatic N) is 1. The maximum Gasteiger partial charge on any atom is 0.416 e. The van der Waals surface area contributed by atoms with Crippen molar-refractivity contribution < 1.29 is 27.4 Å². The molecular weight excluding hydrogens is 381 g/mol. The van der Waals surface area contributed by atoms with Crippen molar-refractivity contribution in [3.8, 4) is 11.8 Å². The molecule has 0 aliphatic carbocycles. The summed E-state index contributed by atoms with van der Waals surface area (Å²) in [5.41, 5.74) is 4.75. The van der Waals surface area contributed by atoms with Gasteiger partial charge in [0, 0.05) is 4.88 Å². The first-order chi connectivity index (χ1) is 12.7. The third kappa shape index (κ3) is 3.02. The number of halogens is 3. The van der Waals surface area contributed by atoms with Gasteiger partial charge in [-0.2, -0.15) is 18.4 Å². The Morgan fingerprint density at radius 3 is 2.63 bits per heavy atom. The van der Waals surface area contributed by atoms with Gasteiger partial charge in [0.25, 0.3) is 0 Å². The predicted octanol–water partition coefficient (Wildman–Crippen LogP) is 4.08. The summed E-state index contributed by atoms with van der Waals surface area (Å²) >= 11 is 1.07. The molecule has 0 bridgehead atoms. The predicted molar refractivity (Wildman–Crippen MR) is 91.1 cm³/mol. The van der Waals surface area contributed by atoms with Gasteiger partial charge in [0.1, 0.15) is 17.2 Å². The first kappa shape index (κ1) is 18.8. The first-order valence-electron chi connectivity index (χ1n) is 7.66. The number of ether oxygens (including phenoxy) is 2. The van der Waals surface area contributed by atoms with Crippen LogP contribution in [0.15, 0.2) is 35.7 Å². The van der Waals surface area contributed by atoms with Gasteiger partial charge < -0.3 is 15.2 Å². The Balaban J connectivity index is 2.32. The van der Waals surface area contributed by atoms with Crippen molar-refractivity contribution >= 4 is 17.3 Å². The van der Waals surface area contributed by atoms with E-state index in [0.717, 1.165) is 17.4 Å². The summed E-state index contributed by atoms with van der Waals surface area (Å²) in [6.07, 6.45) is -4.62. The minimum Gasteiger partial charge on any atom is -0.465 e. The van der Waals surface area contributed by atoms with E-state index in [1.807, 2.05) is 6.07 Å². The summed E-state index contributed by atoms with van der Waals surface area (Å²) in [5.74, 6) is -2.10. The number of rotatable bonds is 2. The van der Waals surface area contributed by atoms with Gasteiger partial charge in [0.15, 0.2) is 5.75 Å². The standard InChI is InChI=1S/C18H13F3N2O3S/c1-8-12(17(24)25-2)14-15(27-8)13(10(7-22)16(23)26-14)9-5-3-4-6-11(9)18(19,20)21/h3-6,13H,23H2,1-2H3/t13-/m0/s1. The molecule has 0 radical (unpaired) electrons. The van der Waals surface area contributed by atoms with Crippen molar-refractivity contribution in [2.24, 2.45) is 5.73 Å². The number of aryl methyl sites for hydroxylation is 1. The zero-order valence-corrected chi connectivity index (χ0v) is 15.0. The Morgan fingerprint density at radius 2 is 2.04 bits per heavy atom. The number of nitriles is 1. The molecule has 27 heavy (non-hydrogen) atoms. The fraction of sp³-hybridized carbons (Fsp3) is 0.222. The topological polar surface area (TPSA) is 85.3 Å². The quantitative estimate of drug-likeness (QED) is 0.776. The Labute approximate surface area is 156 Å². The molecule has 1 atom stereocenters. The number of allylic oxidation sites excluding steroid dienone is 1. The highest BCUT2D eigenvalue weighted by molar-refractivity contribution is 7.12. The average Bonchev–Trinajstić information content (AvgIpc) is 2.94. The smallest absolute Gasteiger partial charge is 0.416 e. The van der Waals surface area contributed by atoms with Crippen LogP contribution in [0.25, 0.3) is 0 Å². The van der Waals surface area contributed by atoms with E-state index in [9.17, 15) is 23.2 Å². The fourth-order valence-electron chi connectivity index (χ4n) is 3.04. The van der Waals surface area contributed by atoms with E-state index in [4.69, 9.17) is 15.2 Å². The highest BCUT2D eigenvalue weighted by Gasteiger charge is 2.42. The number of hydrogen-bond donors (Lipinski definition) is 1. The molecule has 0 saturated heterocycles. The van der Waals surface area contributed by atoms with Crippen LogP contribution in [0.4, 0.5) is 13.2 Å². The van der Waals surface area contributed by atoms with Gasteiger partial charge in [-0.05, 0) is 18.6 Å². The molecule has 2 aromatic rings. The fourth-order valence-corrected chi connectivity index (χ4v) is 4.24. The monoisotopic (exact) mass is 394 g/mol. The lowest BCUT2D eigenvalue weighted by atomic mass is 9.85. The van der Waals surface area contributed by atoms with E-state index in [1.54, 1.807) is 6.92 Å². The third-order valence-corrected chi connectivity index (χ3v) is 5.33. The molecule has 0 unspecified atom stereocenters. The summed E-state index contributed by atoms with van der Waals surface area (Å²) in [6, 6.07) is 6.80. The molecule has 0 fully saturated rings. The number of hydrogen-bond acceptors (Lipinski definition) is 6. The van der Waals surface area contributed by atoms with E-state index < -0.39 is 23.6 Å². The largest absolute Gasteiger partial charge is 0.465 e. The Bertz CT molecular complexity index is 1000. The molecule has 3 rings (SSSR count). The molecule has 0 spiro atoms. The summed E-state index contributed by atoms with van der Waals surface area (Å²) in [6.45, 7) is 1.62. The number of carbonyl (C=O) groups is 1. The summed E-state index contributed by atoms with van der Waals surface area (Å²) in [5, 5.41) is 9.51. The number of methoxy groups -OCH3 is 1. The zero-order valence-electron chi connectivity index (χ0n) is 14.2. The molecule has 5 nitrogen and oxygen atoms in total. The molecule has 2 heterocycles. The van der Waals surface area contributed by atoms with Crippen molar-refractivity contribution in [1.29, 1.82) is 5.26 Å². The van der Waals surface area contributed by atoms with Crippen LogP contribution >= 0.6 is 11.3 Å². The van der Waals surface area contributed by atoms with Crippen LogP contribution < -0.4 is 10.5 Å². The van der Waals surface area contributed by atoms with Gasteiger partial charge in [0.2, 0.25) is 5.88 Å². The lowest BCUT2D eigenvalue weighted by molar-refractivity contribution is -0.138. The molecule has 1 aromatic carbocycles. The van der Waals surface area contributed by atoms with Crippen LogP contribution in [-0.4, -0.2) is 13.1 Å². The highest BCUT2D eigenvalue weighted by atomic mass is 32.1. The Morgan fingerprint density at radius 1 is 1.37 bits per heavy atom. The second-order valence-electron chi connectivity index (χ2n) is 5.73. The molecule has 140 valence electrons. The van der Waals surface area contributed by atoms with Crippen molar-refractivity contribution in [1.82, 2.24) is 0 Å². The van der Waals surface area contributed by atoms with Gasteiger partial charge in [-0.1, -0.05) is 18.2 Å². The van der Waals surface area contributed by atoms with Crippen LogP contribution in [0.3, 0.4) is 0 Å². The van der Waals surface area contributed by atoms with E-state index in [2.05, 4.69) is 0 Å². The lowest BCUT2D eigenvalue weighted by Gasteiger charge is -2.26. The van der Waals surface area contributed by atoms with Gasteiger partial charge in [-0.3, -0.25) is 0 Å². The minimum absolute atomic E-state index is 0.0304. The Kier molecular flexibility index (Phi) is 4.61. The molecule has 1 aliphatic heterocycles. The number of nitrogens with two attached hydrogens (primary N) is 1. The molecule has 9 heteroatoms. The SMILES string of the molecule is COC(=O)c1c(C)sc2c1OC(N)=C(C#N)[C@@H]2c1ccccc1C(F)(F)F. The molecule has 1 aliphatic rings. The average molecular weight is 394 g/mol. The molecular formula is C18H13F3N2O3S. The maximum absolute atomic E-state index is 13.5. The lowest BCUT2D eigenvalue weighted by Crippen LogP contribution is -2.23. The van der Waals surface area contributed by atoms with Crippen LogP contribution in [0.1, 0.15) is 37.2 Å². The number of esters is 1. The normalized spacial score (nSPS) is 16.4. The highest BCUT2D eigenvalue weighted by Crippen LogP contribution is 2.51. The van der Waals surface area contributed by atoms with Crippen molar-refractivity contribution in [2.75, 3.05) is 7.11 Å². The molecule has 1 aromatic heterocycles. The number of thiophene rings is 1. The third-order valence-electron chi connectivity index (χ3n) is 4.18. The van der Waals surface area contributed by atoms with Gasteiger partial charge in [-0.25, -0.2) is 4.79 Å². The zero-order chi connectivity index (χ0) is 19.9. The summed E-state index contributed by atoms with van der Waals surface area (Å²) in [7, 11) is 1.19. The van der Waals surface area contributed by atoms with Gasteiger partial charge in [0.05, 0.1) is 23.5 Å². The van der Waals surface area contributed by atoms with Crippen molar-refractivity contribution in [3.05, 3.63) is 62.2 Å². The van der Waals surface area contributed by atoms with Crippen LogP contribution in [0, 0.1) is 18.3 Å². The number of fused-ring (bicyclic) bond motifs is 1. The van der Waals surface area contributed by atoms with Crippen LogP contribution in [0.5, 0.6) is 5.75 Å². The van der Waals surface area contributed by atoms with E-state index >= 15 is 0 Å². The second kappa shape index (κ2) is 6.63. The van der Waals surface area contributed by atoms with Crippen LogP contribution in [0.2, 0.25) is 0 Å². The van der Waals surface area contributed by atoms with Crippen molar-refractivity contribution in [2.45, 2.75) is 19.0 Å². The number of carbonyl (C=O) groups excluding carboxylic acids is 1. The van der Waals surface area contributed by atoms with E-state index in [1.165, 1.54) is 25.3 Å².